The Labute approximate surface area is 121 Å². The van der Waals surface area contributed by atoms with Crippen molar-refractivity contribution < 1.29 is 19.0 Å². The van der Waals surface area contributed by atoms with Crippen molar-refractivity contribution in [2.24, 2.45) is 0 Å². The monoisotopic (exact) mass is 290 g/mol. The molecule has 6 heteroatoms. The first kappa shape index (κ1) is 14.8. The minimum Gasteiger partial charge on any atom is -0.492 e. The lowest BCUT2D eigenvalue weighted by Crippen LogP contribution is -2.09. The zero-order valence-corrected chi connectivity index (χ0v) is 11.5. The van der Waals surface area contributed by atoms with Gasteiger partial charge in [0, 0.05) is 24.5 Å². The van der Waals surface area contributed by atoms with Crippen molar-refractivity contribution in [3.8, 4) is 5.75 Å². The molecule has 0 bridgehead atoms. The summed E-state index contributed by atoms with van der Waals surface area (Å²) in [4.78, 5) is 14.6. The topological polar surface area (TPSA) is 64.4 Å². The first-order valence-corrected chi connectivity index (χ1v) is 6.37. The largest absolute Gasteiger partial charge is 0.492 e. The van der Waals surface area contributed by atoms with Crippen LogP contribution >= 0.6 is 0 Å². The molecule has 0 unspecified atom stereocenters. The quantitative estimate of drug-likeness (QED) is 0.830. The molecule has 21 heavy (non-hydrogen) atoms. The van der Waals surface area contributed by atoms with E-state index in [4.69, 9.17) is 9.84 Å². The Balaban J connectivity index is 1.99. The minimum absolute atomic E-state index is 0.359. The maximum Gasteiger partial charge on any atom is 0.328 e. The second-order valence-corrected chi connectivity index (χ2v) is 4.41. The van der Waals surface area contributed by atoms with Crippen LogP contribution in [0.25, 0.3) is 6.08 Å². The van der Waals surface area contributed by atoms with E-state index in [-0.39, 0.29) is 0 Å². The van der Waals surface area contributed by atoms with Gasteiger partial charge in [0.15, 0.2) is 0 Å². The van der Waals surface area contributed by atoms with E-state index in [2.05, 4.69) is 4.98 Å². The summed E-state index contributed by atoms with van der Waals surface area (Å²) >= 11 is 0. The van der Waals surface area contributed by atoms with Crippen LogP contribution in [0, 0.1) is 12.7 Å². The van der Waals surface area contributed by atoms with Crippen LogP contribution in [0.15, 0.2) is 36.7 Å². The molecular formula is C15H15FN2O3. The third-order valence-electron chi connectivity index (χ3n) is 2.84. The second kappa shape index (κ2) is 6.69. The highest BCUT2D eigenvalue weighted by Crippen LogP contribution is 2.17. The van der Waals surface area contributed by atoms with Crippen LogP contribution in [0.3, 0.4) is 0 Å². The van der Waals surface area contributed by atoms with E-state index in [1.165, 1.54) is 18.2 Å². The zero-order valence-electron chi connectivity index (χ0n) is 11.5. The molecule has 0 fully saturated rings. The molecule has 0 saturated carbocycles. The van der Waals surface area contributed by atoms with Gasteiger partial charge in [-0.2, -0.15) is 0 Å². The SMILES string of the molecule is Cc1nccn1CCOc1cc(F)cc(/C=C/C(=O)O)c1. The molecule has 0 aliphatic carbocycles. The van der Waals surface area contributed by atoms with Gasteiger partial charge in [-0.3, -0.25) is 0 Å². The smallest absolute Gasteiger partial charge is 0.328 e. The third-order valence-corrected chi connectivity index (χ3v) is 2.84. The summed E-state index contributed by atoms with van der Waals surface area (Å²) in [6.45, 7) is 2.85. The Morgan fingerprint density at radius 2 is 2.29 bits per heavy atom. The van der Waals surface area contributed by atoms with Crippen LogP contribution in [0.4, 0.5) is 4.39 Å². The first-order chi connectivity index (χ1) is 10.0. The molecule has 1 aromatic heterocycles. The lowest BCUT2D eigenvalue weighted by Gasteiger charge is -2.09. The van der Waals surface area contributed by atoms with Crippen molar-refractivity contribution >= 4 is 12.0 Å². The van der Waals surface area contributed by atoms with Gasteiger partial charge in [-0.05, 0) is 30.7 Å². The van der Waals surface area contributed by atoms with E-state index in [9.17, 15) is 9.18 Å². The standard InChI is InChI=1S/C15H15FN2O3/c1-11-17-4-5-18(11)6-7-21-14-9-12(2-3-15(19)20)8-13(16)10-14/h2-5,8-10H,6-7H2,1H3,(H,19,20)/b3-2+. The van der Waals surface area contributed by atoms with Gasteiger partial charge in [-0.1, -0.05) is 0 Å². The first-order valence-electron chi connectivity index (χ1n) is 6.37. The molecular weight excluding hydrogens is 275 g/mol. The van der Waals surface area contributed by atoms with Crippen molar-refractivity contribution in [3.05, 3.63) is 53.9 Å². The molecule has 0 aliphatic heterocycles. The van der Waals surface area contributed by atoms with Gasteiger partial charge in [0.2, 0.25) is 0 Å². The number of nitrogens with zero attached hydrogens (tertiary/aromatic N) is 2. The van der Waals surface area contributed by atoms with E-state index in [0.29, 0.717) is 24.5 Å². The van der Waals surface area contributed by atoms with Gasteiger partial charge in [0.1, 0.15) is 24.0 Å². The van der Waals surface area contributed by atoms with Gasteiger partial charge in [0.25, 0.3) is 0 Å². The number of carbonyl (C=O) groups is 1. The predicted molar refractivity (Wildman–Crippen MR) is 75.5 cm³/mol. The molecule has 1 N–H and O–H groups in total. The van der Waals surface area contributed by atoms with E-state index < -0.39 is 11.8 Å². The van der Waals surface area contributed by atoms with Gasteiger partial charge >= 0.3 is 5.97 Å². The number of hydrogen-bond donors (Lipinski definition) is 1. The van der Waals surface area contributed by atoms with E-state index in [1.807, 2.05) is 17.7 Å². The Hall–Kier alpha value is -2.63. The number of ether oxygens (including phenoxy) is 1. The van der Waals surface area contributed by atoms with Crippen molar-refractivity contribution in [2.45, 2.75) is 13.5 Å². The molecule has 0 aliphatic rings. The number of carboxylic acids is 1. The number of aromatic nitrogens is 2. The van der Waals surface area contributed by atoms with Crippen LogP contribution in [0.5, 0.6) is 5.75 Å². The third kappa shape index (κ3) is 4.45. The zero-order chi connectivity index (χ0) is 15.2. The molecule has 0 amide bonds. The van der Waals surface area contributed by atoms with Gasteiger partial charge in [0.05, 0.1) is 6.54 Å². The number of hydrogen-bond acceptors (Lipinski definition) is 3. The summed E-state index contributed by atoms with van der Waals surface area (Å²) in [5, 5.41) is 8.57. The highest BCUT2D eigenvalue weighted by Gasteiger charge is 2.02. The van der Waals surface area contributed by atoms with Crippen molar-refractivity contribution in [3.63, 3.8) is 0 Å². The van der Waals surface area contributed by atoms with Crippen molar-refractivity contribution in [2.75, 3.05) is 6.61 Å². The molecule has 0 spiro atoms. The summed E-state index contributed by atoms with van der Waals surface area (Å²) in [6, 6.07) is 4.09. The molecule has 2 aromatic rings. The van der Waals surface area contributed by atoms with Crippen LogP contribution in [0.2, 0.25) is 0 Å². The minimum atomic E-state index is -1.09. The Bertz CT molecular complexity index is 665. The van der Waals surface area contributed by atoms with E-state index in [0.717, 1.165) is 11.9 Å². The second-order valence-electron chi connectivity index (χ2n) is 4.41. The number of carboxylic acid groups (broad SMARTS) is 1. The average Bonchev–Trinajstić information content (AvgIpc) is 2.82. The molecule has 0 radical (unpaired) electrons. The fourth-order valence-corrected chi connectivity index (χ4v) is 1.83. The van der Waals surface area contributed by atoms with Gasteiger partial charge < -0.3 is 14.4 Å². The Morgan fingerprint density at radius 1 is 1.48 bits per heavy atom. The number of halogens is 1. The fraction of sp³-hybridized carbons (Fsp3) is 0.200. The maximum absolute atomic E-state index is 13.4. The highest BCUT2D eigenvalue weighted by atomic mass is 19.1. The Morgan fingerprint density at radius 3 is 2.95 bits per heavy atom. The molecule has 110 valence electrons. The lowest BCUT2D eigenvalue weighted by molar-refractivity contribution is -0.131. The number of benzene rings is 1. The number of aliphatic carboxylic acids is 1. The summed E-state index contributed by atoms with van der Waals surface area (Å²) in [7, 11) is 0. The van der Waals surface area contributed by atoms with Crippen LogP contribution in [0.1, 0.15) is 11.4 Å². The average molecular weight is 290 g/mol. The molecule has 0 saturated heterocycles. The summed E-state index contributed by atoms with van der Waals surface area (Å²) in [6.07, 6.45) is 5.81. The van der Waals surface area contributed by atoms with E-state index in [1.54, 1.807) is 12.3 Å². The van der Waals surface area contributed by atoms with E-state index >= 15 is 0 Å². The fourth-order valence-electron chi connectivity index (χ4n) is 1.83. The summed E-state index contributed by atoms with van der Waals surface area (Å²) in [5.41, 5.74) is 0.436. The number of aryl methyl sites for hydroxylation is 1. The summed E-state index contributed by atoms with van der Waals surface area (Å²) in [5.74, 6) is -0.325. The van der Waals surface area contributed by atoms with Crippen molar-refractivity contribution in [1.82, 2.24) is 9.55 Å². The molecule has 0 atom stereocenters. The van der Waals surface area contributed by atoms with Crippen LogP contribution in [-0.2, 0) is 11.3 Å². The summed E-state index contributed by atoms with van der Waals surface area (Å²) < 4.78 is 20.9. The molecule has 5 nitrogen and oxygen atoms in total. The molecule has 2 rings (SSSR count). The Kier molecular flexibility index (Phi) is 4.71. The van der Waals surface area contributed by atoms with Crippen LogP contribution in [-0.4, -0.2) is 27.2 Å². The maximum atomic E-state index is 13.4. The number of rotatable bonds is 6. The predicted octanol–water partition coefficient (Wildman–Crippen LogP) is 2.51. The molecule has 1 heterocycles. The lowest BCUT2D eigenvalue weighted by atomic mass is 10.2. The van der Waals surface area contributed by atoms with Crippen molar-refractivity contribution in [1.29, 1.82) is 0 Å². The van der Waals surface area contributed by atoms with Crippen LogP contribution < -0.4 is 4.74 Å². The highest BCUT2D eigenvalue weighted by molar-refractivity contribution is 5.85. The number of imidazole rings is 1. The van der Waals surface area contributed by atoms with Gasteiger partial charge in [-0.15, -0.1) is 0 Å². The van der Waals surface area contributed by atoms with Gasteiger partial charge in [-0.25, -0.2) is 14.2 Å². The normalized spacial score (nSPS) is 11.0. The molecule has 1 aromatic carbocycles.